The van der Waals surface area contributed by atoms with Gasteiger partial charge in [0.1, 0.15) is 17.2 Å². The Bertz CT molecular complexity index is 1270. The predicted octanol–water partition coefficient (Wildman–Crippen LogP) is 5.76. The summed E-state index contributed by atoms with van der Waals surface area (Å²) in [5.74, 6) is -1.54. The number of Topliss-reactive ketones (excluding diaryl/α,β-unsaturated/α-hetero) is 1. The van der Waals surface area contributed by atoms with Crippen LogP contribution in [0.25, 0.3) is 10.8 Å². The molecule has 0 saturated heterocycles. The number of carbonyl (C=O) groups is 3. The molecular formula is C29H33N3O4. The number of carbonyl (C=O) groups excluding carboxylic acids is 3. The van der Waals surface area contributed by atoms with Crippen molar-refractivity contribution in [2.24, 2.45) is 5.10 Å². The molecule has 3 N–H and O–H groups in total. The lowest BCUT2D eigenvalue weighted by Crippen LogP contribution is -2.30. The Labute approximate surface area is 211 Å². The molecule has 0 heterocycles. The van der Waals surface area contributed by atoms with Gasteiger partial charge in [0.15, 0.2) is 0 Å². The molecule has 0 aliphatic rings. The maximum Gasteiger partial charge on any atom is 0.275 e. The highest BCUT2D eigenvalue weighted by Gasteiger charge is 2.19. The number of benzene rings is 3. The van der Waals surface area contributed by atoms with Crippen LogP contribution in [0, 0.1) is 0 Å². The van der Waals surface area contributed by atoms with E-state index in [1.807, 2.05) is 49.4 Å². The summed E-state index contributed by atoms with van der Waals surface area (Å²) < 4.78 is 0. The van der Waals surface area contributed by atoms with Crippen molar-refractivity contribution >= 4 is 39.8 Å². The number of hydrogen-bond donors (Lipinski definition) is 3. The lowest BCUT2D eigenvalue weighted by atomic mass is 10.1. The van der Waals surface area contributed by atoms with E-state index in [1.165, 1.54) is 6.07 Å². The fourth-order valence-corrected chi connectivity index (χ4v) is 3.93. The number of anilines is 1. The minimum absolute atomic E-state index is 0.0272. The van der Waals surface area contributed by atoms with Gasteiger partial charge in [-0.15, -0.1) is 0 Å². The number of phenols is 1. The summed E-state index contributed by atoms with van der Waals surface area (Å²) in [7, 11) is 0. The van der Waals surface area contributed by atoms with E-state index < -0.39 is 11.8 Å². The number of rotatable bonds is 12. The number of ketones is 1. The van der Waals surface area contributed by atoms with E-state index in [0.717, 1.165) is 48.4 Å². The van der Waals surface area contributed by atoms with E-state index in [1.54, 1.807) is 12.1 Å². The summed E-state index contributed by atoms with van der Waals surface area (Å²) in [4.78, 5) is 38.5. The quantitative estimate of drug-likeness (QED) is 0.171. The molecule has 0 spiro atoms. The first kappa shape index (κ1) is 26.6. The predicted molar refractivity (Wildman–Crippen MR) is 143 cm³/mol. The van der Waals surface area contributed by atoms with E-state index in [0.29, 0.717) is 12.1 Å². The highest BCUT2D eigenvalue weighted by Crippen LogP contribution is 2.25. The number of phenolic OH excluding ortho intramolecular Hbond substituents is 1. The standard InChI is InChI=1S/C29H33N3O4/c1-3-5-6-7-15-23(33)19-26(29(36)30-25-16-11-10-12-20(25)4-2)31-32-28(35)24-17-21-13-8-9-14-22(21)18-27(24)34/h8-14,16-18,34H,3-7,15,19H2,1-2H3,(H,30,36)(H,32,35)/b31-26-. The first-order valence-corrected chi connectivity index (χ1v) is 12.4. The van der Waals surface area contributed by atoms with Crippen LogP contribution in [-0.2, 0) is 16.0 Å². The van der Waals surface area contributed by atoms with Gasteiger partial charge in [-0.25, -0.2) is 5.43 Å². The lowest BCUT2D eigenvalue weighted by molar-refractivity contribution is -0.119. The first-order chi connectivity index (χ1) is 17.4. The number of nitrogens with zero attached hydrogens (tertiary/aromatic N) is 1. The van der Waals surface area contributed by atoms with E-state index in [2.05, 4.69) is 22.8 Å². The van der Waals surface area contributed by atoms with Crippen LogP contribution in [0.1, 0.15) is 68.3 Å². The van der Waals surface area contributed by atoms with Crippen molar-refractivity contribution in [3.05, 3.63) is 71.8 Å². The van der Waals surface area contributed by atoms with Gasteiger partial charge in [0.25, 0.3) is 11.8 Å². The Morgan fingerprint density at radius 3 is 2.31 bits per heavy atom. The second-order valence-corrected chi connectivity index (χ2v) is 8.71. The molecule has 3 aromatic rings. The summed E-state index contributed by atoms with van der Waals surface area (Å²) in [6.45, 7) is 4.08. The summed E-state index contributed by atoms with van der Waals surface area (Å²) in [5, 5.41) is 18.8. The van der Waals surface area contributed by atoms with Crippen molar-refractivity contribution in [2.45, 2.75) is 58.8 Å². The van der Waals surface area contributed by atoms with E-state index >= 15 is 0 Å². The van der Waals surface area contributed by atoms with Gasteiger partial charge in [0.05, 0.1) is 12.0 Å². The molecular weight excluding hydrogens is 454 g/mol. The van der Waals surface area contributed by atoms with Gasteiger partial charge in [-0.2, -0.15) is 5.10 Å². The Hall–Kier alpha value is -4.00. The van der Waals surface area contributed by atoms with Crippen LogP contribution in [0.3, 0.4) is 0 Å². The molecule has 36 heavy (non-hydrogen) atoms. The number of hydrazone groups is 1. The zero-order chi connectivity index (χ0) is 25.9. The third-order valence-corrected chi connectivity index (χ3v) is 5.98. The number of unbranched alkanes of at least 4 members (excludes halogenated alkanes) is 3. The molecule has 188 valence electrons. The third-order valence-electron chi connectivity index (χ3n) is 5.98. The van der Waals surface area contributed by atoms with Gasteiger partial charge in [-0.1, -0.05) is 75.6 Å². The fraction of sp³-hybridized carbons (Fsp3) is 0.310. The topological polar surface area (TPSA) is 108 Å². The van der Waals surface area contributed by atoms with E-state index in [4.69, 9.17) is 0 Å². The third kappa shape index (κ3) is 7.25. The van der Waals surface area contributed by atoms with E-state index in [-0.39, 0.29) is 29.2 Å². The summed E-state index contributed by atoms with van der Waals surface area (Å²) in [6, 6.07) is 17.8. The second kappa shape index (κ2) is 13.2. The molecule has 3 rings (SSSR count). The Morgan fingerprint density at radius 2 is 1.58 bits per heavy atom. The Balaban J connectivity index is 1.80. The Kier molecular flexibility index (Phi) is 9.74. The molecule has 0 atom stereocenters. The van der Waals surface area contributed by atoms with Crippen LogP contribution in [0.5, 0.6) is 5.75 Å². The van der Waals surface area contributed by atoms with Gasteiger partial charge in [-0.3, -0.25) is 14.4 Å². The second-order valence-electron chi connectivity index (χ2n) is 8.71. The summed E-state index contributed by atoms with van der Waals surface area (Å²) >= 11 is 0. The summed E-state index contributed by atoms with van der Waals surface area (Å²) in [6.07, 6.45) is 4.67. The molecule has 3 aromatic carbocycles. The van der Waals surface area contributed by atoms with Crippen molar-refractivity contribution in [1.29, 1.82) is 0 Å². The summed E-state index contributed by atoms with van der Waals surface area (Å²) in [5.41, 5.74) is 3.87. The molecule has 0 radical (unpaired) electrons. The number of para-hydroxylation sites is 1. The van der Waals surface area contributed by atoms with Crippen molar-refractivity contribution in [2.75, 3.05) is 5.32 Å². The molecule has 0 fully saturated rings. The highest BCUT2D eigenvalue weighted by atomic mass is 16.3. The lowest BCUT2D eigenvalue weighted by Gasteiger charge is -2.12. The van der Waals surface area contributed by atoms with Crippen molar-refractivity contribution in [3.8, 4) is 5.75 Å². The first-order valence-electron chi connectivity index (χ1n) is 12.4. The zero-order valence-corrected chi connectivity index (χ0v) is 20.8. The van der Waals surface area contributed by atoms with E-state index in [9.17, 15) is 19.5 Å². The van der Waals surface area contributed by atoms with Crippen molar-refractivity contribution < 1.29 is 19.5 Å². The SMILES string of the molecule is CCCCCCC(=O)C/C(=N/NC(=O)c1cc2ccccc2cc1O)C(=O)Nc1ccccc1CC. The highest BCUT2D eigenvalue weighted by molar-refractivity contribution is 6.45. The number of amides is 2. The van der Waals surface area contributed by atoms with Crippen molar-refractivity contribution in [3.63, 3.8) is 0 Å². The Morgan fingerprint density at radius 1 is 0.889 bits per heavy atom. The van der Waals surface area contributed by atoms with Crippen LogP contribution in [0.4, 0.5) is 5.69 Å². The van der Waals surface area contributed by atoms with Crippen LogP contribution >= 0.6 is 0 Å². The minimum Gasteiger partial charge on any atom is -0.507 e. The average Bonchev–Trinajstić information content (AvgIpc) is 2.88. The molecule has 0 bridgehead atoms. The van der Waals surface area contributed by atoms with Gasteiger partial charge in [0, 0.05) is 12.1 Å². The average molecular weight is 488 g/mol. The van der Waals surface area contributed by atoms with Crippen LogP contribution in [0.15, 0.2) is 65.8 Å². The number of aromatic hydroxyl groups is 1. The van der Waals surface area contributed by atoms with Crippen molar-refractivity contribution in [1.82, 2.24) is 5.43 Å². The maximum atomic E-state index is 13.1. The van der Waals surface area contributed by atoms with Crippen LogP contribution in [0.2, 0.25) is 0 Å². The largest absolute Gasteiger partial charge is 0.507 e. The normalized spacial score (nSPS) is 11.3. The molecule has 0 aliphatic carbocycles. The minimum atomic E-state index is -0.673. The monoisotopic (exact) mass is 487 g/mol. The van der Waals surface area contributed by atoms with Gasteiger partial charge >= 0.3 is 0 Å². The number of hydrogen-bond acceptors (Lipinski definition) is 5. The molecule has 0 aliphatic heterocycles. The maximum absolute atomic E-state index is 13.1. The number of fused-ring (bicyclic) bond motifs is 1. The van der Waals surface area contributed by atoms with Gasteiger partial charge in [0.2, 0.25) is 0 Å². The van der Waals surface area contributed by atoms with Gasteiger partial charge in [-0.05, 0) is 47.4 Å². The fourth-order valence-electron chi connectivity index (χ4n) is 3.93. The molecule has 2 amide bonds. The molecule has 7 heteroatoms. The number of nitrogens with one attached hydrogen (secondary N) is 2. The molecule has 0 unspecified atom stereocenters. The van der Waals surface area contributed by atoms with Crippen LogP contribution < -0.4 is 10.7 Å². The zero-order valence-electron chi connectivity index (χ0n) is 20.8. The van der Waals surface area contributed by atoms with Crippen LogP contribution in [-0.4, -0.2) is 28.4 Å². The molecule has 7 nitrogen and oxygen atoms in total. The van der Waals surface area contributed by atoms with Gasteiger partial charge < -0.3 is 10.4 Å². The molecule has 0 saturated carbocycles. The molecule has 0 aromatic heterocycles. The number of aryl methyl sites for hydroxylation is 1. The smallest absolute Gasteiger partial charge is 0.275 e.